The van der Waals surface area contributed by atoms with Gasteiger partial charge in [0.2, 0.25) is 9.04 Å². The zero-order chi connectivity index (χ0) is 15.5. The van der Waals surface area contributed by atoms with Crippen LogP contribution in [-0.4, -0.2) is 38.5 Å². The van der Waals surface area contributed by atoms with E-state index >= 15 is 0 Å². The van der Waals surface area contributed by atoms with Gasteiger partial charge in [-0.3, -0.25) is 4.84 Å². The zero-order valence-electron chi connectivity index (χ0n) is 14.8. The fraction of sp³-hybridized carbons (Fsp3) is 1.00. The molecule has 21 heavy (non-hydrogen) atoms. The van der Waals surface area contributed by atoms with Gasteiger partial charge in [0, 0.05) is 18.7 Å². The van der Waals surface area contributed by atoms with E-state index in [2.05, 4.69) is 39.7 Å². The van der Waals surface area contributed by atoms with Crippen molar-refractivity contribution in [1.29, 1.82) is 0 Å². The first-order chi connectivity index (χ1) is 9.88. The molecule has 0 aliphatic carbocycles. The van der Waals surface area contributed by atoms with Crippen LogP contribution < -0.4 is 0 Å². The maximum atomic E-state index is 6.59. The third-order valence-electron chi connectivity index (χ3n) is 5.91. The van der Waals surface area contributed by atoms with Crippen LogP contribution in [0.1, 0.15) is 73.1 Å². The molecular formula is C17H35NO2Si. The summed E-state index contributed by atoms with van der Waals surface area (Å²) in [7, 11) is -1.19. The molecule has 0 aromatic rings. The molecule has 0 bridgehead atoms. The molecule has 2 heterocycles. The molecule has 2 aliphatic heterocycles. The molecule has 2 saturated heterocycles. The van der Waals surface area contributed by atoms with E-state index in [1.54, 1.807) is 0 Å². The van der Waals surface area contributed by atoms with Gasteiger partial charge in [-0.05, 0) is 51.0 Å². The summed E-state index contributed by atoms with van der Waals surface area (Å²) < 4.78 is 6.14. The highest BCUT2D eigenvalue weighted by molar-refractivity contribution is 6.53. The Morgan fingerprint density at radius 3 is 2.57 bits per heavy atom. The smallest absolute Gasteiger partial charge is 0.207 e. The second kappa shape index (κ2) is 7.11. The number of rotatable bonds is 5. The summed E-state index contributed by atoms with van der Waals surface area (Å²) in [5, 5.41) is 2.31. The van der Waals surface area contributed by atoms with Crippen molar-refractivity contribution in [1.82, 2.24) is 5.06 Å². The van der Waals surface area contributed by atoms with E-state index in [0.29, 0.717) is 11.1 Å². The maximum Gasteiger partial charge on any atom is 0.207 e. The quantitative estimate of drug-likeness (QED) is 0.714. The van der Waals surface area contributed by atoms with Crippen molar-refractivity contribution in [3.05, 3.63) is 0 Å². The number of hydroxylamine groups is 2. The standard InChI is InChI=1S/C17H35NO2Si/c1-6-10-15(21-14-8-7-13-19-21)20-18-12-9-11-16(2,3)17(18,4)5/h15,21H,6-14H2,1-5H3. The van der Waals surface area contributed by atoms with Crippen molar-refractivity contribution >= 4 is 9.04 Å². The van der Waals surface area contributed by atoms with Gasteiger partial charge in [-0.25, -0.2) is 0 Å². The molecule has 124 valence electrons. The summed E-state index contributed by atoms with van der Waals surface area (Å²) in [6, 6.07) is 1.29. The second-order valence-electron chi connectivity index (χ2n) is 7.99. The van der Waals surface area contributed by atoms with Crippen LogP contribution in [0.5, 0.6) is 0 Å². The molecule has 2 aliphatic rings. The minimum absolute atomic E-state index is 0.0975. The van der Waals surface area contributed by atoms with Crippen molar-refractivity contribution in [3.8, 4) is 0 Å². The third kappa shape index (κ3) is 3.90. The van der Waals surface area contributed by atoms with Crippen LogP contribution in [0.3, 0.4) is 0 Å². The number of nitrogens with zero attached hydrogens (tertiary/aromatic N) is 1. The Balaban J connectivity index is 2.04. The van der Waals surface area contributed by atoms with Crippen LogP contribution in [0.15, 0.2) is 0 Å². The van der Waals surface area contributed by atoms with Gasteiger partial charge in [-0.1, -0.05) is 33.6 Å². The van der Waals surface area contributed by atoms with Crippen molar-refractivity contribution in [3.63, 3.8) is 0 Å². The van der Waals surface area contributed by atoms with Crippen molar-refractivity contribution in [2.75, 3.05) is 13.2 Å². The second-order valence-corrected chi connectivity index (χ2v) is 10.7. The fourth-order valence-electron chi connectivity index (χ4n) is 3.59. The van der Waals surface area contributed by atoms with Crippen molar-refractivity contribution < 1.29 is 9.26 Å². The Hall–Kier alpha value is 0.0969. The van der Waals surface area contributed by atoms with Crippen LogP contribution >= 0.6 is 0 Å². The lowest BCUT2D eigenvalue weighted by molar-refractivity contribution is -0.271. The molecule has 0 aromatic heterocycles. The predicted molar refractivity (Wildman–Crippen MR) is 90.7 cm³/mol. The zero-order valence-corrected chi connectivity index (χ0v) is 15.9. The average molecular weight is 314 g/mol. The molecule has 3 nitrogen and oxygen atoms in total. The van der Waals surface area contributed by atoms with E-state index in [1.165, 1.54) is 38.1 Å². The van der Waals surface area contributed by atoms with E-state index < -0.39 is 9.04 Å². The first-order valence-electron chi connectivity index (χ1n) is 8.94. The number of piperidine rings is 1. The minimum atomic E-state index is -1.19. The number of hydrogen-bond donors (Lipinski definition) is 0. The van der Waals surface area contributed by atoms with Gasteiger partial charge < -0.3 is 4.43 Å². The molecule has 0 N–H and O–H groups in total. The van der Waals surface area contributed by atoms with Gasteiger partial charge in [0.1, 0.15) is 0 Å². The SMILES string of the molecule is CCCC(ON1CCCC(C)(C)C1(C)C)[SiH]1CCCCO1. The van der Waals surface area contributed by atoms with Crippen molar-refractivity contribution in [2.24, 2.45) is 5.41 Å². The Bertz CT molecular complexity index is 327. The summed E-state index contributed by atoms with van der Waals surface area (Å²) in [4.78, 5) is 6.59. The summed E-state index contributed by atoms with van der Waals surface area (Å²) in [5.41, 5.74) is 0.764. The van der Waals surface area contributed by atoms with Crippen LogP contribution in [0, 0.1) is 5.41 Å². The summed E-state index contributed by atoms with van der Waals surface area (Å²) >= 11 is 0. The fourth-order valence-corrected chi connectivity index (χ4v) is 6.49. The first-order valence-corrected chi connectivity index (χ1v) is 10.9. The molecule has 0 spiro atoms. The first kappa shape index (κ1) is 17.5. The molecule has 4 heteroatoms. The lowest BCUT2D eigenvalue weighted by atomic mass is 9.69. The highest BCUT2D eigenvalue weighted by atomic mass is 28.3. The molecule has 0 amide bonds. The van der Waals surface area contributed by atoms with Crippen LogP contribution in [0.4, 0.5) is 0 Å². The molecule has 0 aromatic carbocycles. The average Bonchev–Trinajstić information content (AvgIpc) is 2.44. The summed E-state index contributed by atoms with van der Waals surface area (Å²) in [5.74, 6) is 0. The van der Waals surface area contributed by atoms with E-state index in [-0.39, 0.29) is 5.54 Å². The van der Waals surface area contributed by atoms with E-state index in [1.807, 2.05) is 0 Å². The third-order valence-corrected chi connectivity index (χ3v) is 8.83. The van der Waals surface area contributed by atoms with E-state index in [9.17, 15) is 0 Å². The highest BCUT2D eigenvalue weighted by Crippen LogP contribution is 2.44. The molecular weight excluding hydrogens is 278 g/mol. The lowest BCUT2D eigenvalue weighted by Gasteiger charge is -2.53. The Morgan fingerprint density at radius 1 is 1.19 bits per heavy atom. The molecule has 2 unspecified atom stereocenters. The van der Waals surface area contributed by atoms with Gasteiger partial charge in [-0.15, -0.1) is 0 Å². The highest BCUT2D eigenvalue weighted by Gasteiger charge is 2.46. The van der Waals surface area contributed by atoms with Crippen LogP contribution in [-0.2, 0) is 9.26 Å². The summed E-state index contributed by atoms with van der Waals surface area (Å²) in [6.45, 7) is 13.8. The monoisotopic (exact) mass is 313 g/mol. The summed E-state index contributed by atoms with van der Waals surface area (Å²) in [6.07, 6.45) is 7.46. The Kier molecular flexibility index (Phi) is 5.91. The van der Waals surface area contributed by atoms with Gasteiger partial charge in [0.05, 0.1) is 5.73 Å². The molecule has 0 radical (unpaired) electrons. The largest absolute Gasteiger partial charge is 0.417 e. The van der Waals surface area contributed by atoms with Crippen molar-refractivity contribution in [2.45, 2.75) is 90.5 Å². The minimum Gasteiger partial charge on any atom is -0.417 e. The molecule has 2 atom stereocenters. The molecule has 2 fully saturated rings. The van der Waals surface area contributed by atoms with Gasteiger partial charge in [-0.2, -0.15) is 5.06 Å². The van der Waals surface area contributed by atoms with Gasteiger partial charge in [0.15, 0.2) is 0 Å². The topological polar surface area (TPSA) is 21.7 Å². The lowest BCUT2D eigenvalue weighted by Crippen LogP contribution is -2.59. The van der Waals surface area contributed by atoms with Gasteiger partial charge >= 0.3 is 0 Å². The van der Waals surface area contributed by atoms with Crippen LogP contribution in [0.25, 0.3) is 0 Å². The van der Waals surface area contributed by atoms with Gasteiger partial charge in [0.25, 0.3) is 0 Å². The maximum absolute atomic E-state index is 6.59. The van der Waals surface area contributed by atoms with E-state index in [0.717, 1.165) is 19.6 Å². The Labute approximate surface area is 133 Å². The number of hydrogen-bond acceptors (Lipinski definition) is 3. The van der Waals surface area contributed by atoms with Crippen LogP contribution in [0.2, 0.25) is 6.04 Å². The normalized spacial score (nSPS) is 31.0. The molecule has 0 saturated carbocycles. The van der Waals surface area contributed by atoms with E-state index in [4.69, 9.17) is 9.26 Å². The predicted octanol–water partition coefficient (Wildman–Crippen LogP) is 4.06. The Morgan fingerprint density at radius 2 is 1.95 bits per heavy atom. The molecule has 2 rings (SSSR count).